The molecule has 1 aromatic rings. The third-order valence-electron chi connectivity index (χ3n) is 4.14. The Morgan fingerprint density at radius 3 is 2.61 bits per heavy atom. The fourth-order valence-electron chi connectivity index (χ4n) is 2.74. The molecule has 0 saturated carbocycles. The Bertz CT molecular complexity index is 525. The number of carbonyl (C=O) groups is 1. The molecule has 1 saturated heterocycles. The molecule has 0 spiro atoms. The van der Waals surface area contributed by atoms with Gasteiger partial charge in [0, 0.05) is 24.8 Å². The number of nitrogens with one attached hydrogen (secondary N) is 1. The third-order valence-corrected chi connectivity index (χ3v) is 4.14. The van der Waals surface area contributed by atoms with E-state index in [1.165, 1.54) is 12.1 Å². The first kappa shape index (κ1) is 19.8. The van der Waals surface area contributed by atoms with Gasteiger partial charge in [0.25, 0.3) is 0 Å². The largest absolute Gasteiger partial charge is 0.381 e. The van der Waals surface area contributed by atoms with Crippen molar-refractivity contribution in [2.75, 3.05) is 13.2 Å². The molecule has 1 aliphatic rings. The number of carbonyl (C=O) groups excluding carboxylic acids is 1. The lowest BCUT2D eigenvalue weighted by Gasteiger charge is -2.28. The molecule has 2 unspecified atom stereocenters. The Hall–Kier alpha value is -1.24. The highest BCUT2D eigenvalue weighted by molar-refractivity contribution is 5.85. The van der Waals surface area contributed by atoms with Gasteiger partial charge in [0.2, 0.25) is 5.91 Å². The Balaban J connectivity index is 0.00000264. The molecular weight excluding hydrogens is 326 g/mol. The third kappa shape index (κ3) is 5.12. The molecule has 0 bridgehead atoms. The average molecular weight is 349 g/mol. The molecule has 7 heteroatoms. The van der Waals surface area contributed by atoms with Crippen LogP contribution in [0.3, 0.4) is 0 Å². The zero-order valence-electron chi connectivity index (χ0n) is 13.1. The summed E-state index contributed by atoms with van der Waals surface area (Å²) in [6.07, 6.45) is 1.99. The number of nitrogens with two attached hydrogens (primary N) is 1. The fraction of sp³-hybridized carbons (Fsp3) is 0.562. The minimum atomic E-state index is -0.660. The average Bonchev–Trinajstić information content (AvgIpc) is 2.53. The topological polar surface area (TPSA) is 64.4 Å². The van der Waals surface area contributed by atoms with Crippen LogP contribution in [0.25, 0.3) is 0 Å². The molecule has 23 heavy (non-hydrogen) atoms. The number of ether oxygens (including phenoxy) is 1. The van der Waals surface area contributed by atoms with Gasteiger partial charge in [-0.2, -0.15) is 0 Å². The second kappa shape index (κ2) is 9.15. The highest BCUT2D eigenvalue weighted by atomic mass is 35.5. The highest BCUT2D eigenvalue weighted by Crippen LogP contribution is 2.22. The second-order valence-corrected chi connectivity index (χ2v) is 5.61. The lowest BCUT2D eigenvalue weighted by molar-refractivity contribution is -0.125. The van der Waals surface area contributed by atoms with Crippen LogP contribution in [0.1, 0.15) is 37.8 Å². The summed E-state index contributed by atoms with van der Waals surface area (Å²) in [5.41, 5.74) is 6.29. The Morgan fingerprint density at radius 2 is 2.04 bits per heavy atom. The quantitative estimate of drug-likeness (QED) is 0.860. The second-order valence-electron chi connectivity index (χ2n) is 5.61. The molecular formula is C16H23ClF2N2O2. The van der Waals surface area contributed by atoms with E-state index in [0.29, 0.717) is 19.6 Å². The van der Waals surface area contributed by atoms with Crippen LogP contribution in [0.15, 0.2) is 18.2 Å². The lowest BCUT2D eigenvalue weighted by atomic mass is 9.91. The van der Waals surface area contributed by atoms with Gasteiger partial charge in [-0.3, -0.25) is 4.79 Å². The van der Waals surface area contributed by atoms with Gasteiger partial charge in [-0.1, -0.05) is 13.0 Å². The Labute approximate surface area is 141 Å². The van der Waals surface area contributed by atoms with Crippen LogP contribution in [0.4, 0.5) is 8.78 Å². The summed E-state index contributed by atoms with van der Waals surface area (Å²) in [6, 6.07) is 2.22. The Morgan fingerprint density at radius 1 is 1.39 bits per heavy atom. The molecule has 1 amide bonds. The number of benzene rings is 1. The first-order chi connectivity index (χ1) is 10.5. The summed E-state index contributed by atoms with van der Waals surface area (Å²) in [7, 11) is 0. The summed E-state index contributed by atoms with van der Waals surface area (Å²) in [5.74, 6) is -1.53. The van der Waals surface area contributed by atoms with Crippen molar-refractivity contribution in [1.29, 1.82) is 0 Å². The van der Waals surface area contributed by atoms with Crippen molar-refractivity contribution in [2.24, 2.45) is 11.7 Å². The smallest absolute Gasteiger partial charge is 0.237 e. The molecule has 130 valence electrons. The van der Waals surface area contributed by atoms with Gasteiger partial charge in [0.05, 0.1) is 12.1 Å². The number of rotatable bonds is 5. The zero-order valence-corrected chi connectivity index (χ0v) is 13.9. The minimum absolute atomic E-state index is 0. The van der Waals surface area contributed by atoms with Crippen LogP contribution < -0.4 is 11.1 Å². The molecule has 4 nitrogen and oxygen atoms in total. The molecule has 0 aromatic heterocycles. The maximum absolute atomic E-state index is 13.9. The highest BCUT2D eigenvalue weighted by Gasteiger charge is 2.28. The zero-order chi connectivity index (χ0) is 16.1. The number of hydrogen-bond acceptors (Lipinski definition) is 3. The molecule has 2 atom stereocenters. The lowest BCUT2D eigenvalue weighted by Crippen LogP contribution is -2.48. The SMILES string of the molecule is CCC(NC(=O)C(N)C1CCOCC1)c1ccc(F)cc1F.Cl. The first-order valence-electron chi connectivity index (χ1n) is 7.61. The minimum Gasteiger partial charge on any atom is -0.381 e. The monoisotopic (exact) mass is 348 g/mol. The number of hydrogen-bond donors (Lipinski definition) is 2. The van der Waals surface area contributed by atoms with E-state index in [0.717, 1.165) is 18.9 Å². The molecule has 1 aliphatic heterocycles. The molecule has 0 aliphatic carbocycles. The van der Waals surface area contributed by atoms with Crippen LogP contribution in [0.2, 0.25) is 0 Å². The van der Waals surface area contributed by atoms with E-state index in [9.17, 15) is 13.6 Å². The van der Waals surface area contributed by atoms with Crippen molar-refractivity contribution >= 4 is 18.3 Å². The molecule has 1 heterocycles. The van der Waals surface area contributed by atoms with Crippen LogP contribution in [-0.2, 0) is 9.53 Å². The van der Waals surface area contributed by atoms with Crippen LogP contribution >= 0.6 is 12.4 Å². The van der Waals surface area contributed by atoms with Gasteiger partial charge < -0.3 is 15.8 Å². The van der Waals surface area contributed by atoms with Gasteiger partial charge in [0.15, 0.2) is 0 Å². The molecule has 3 N–H and O–H groups in total. The van der Waals surface area contributed by atoms with Gasteiger partial charge in [0.1, 0.15) is 11.6 Å². The van der Waals surface area contributed by atoms with Crippen molar-refractivity contribution in [1.82, 2.24) is 5.32 Å². The van der Waals surface area contributed by atoms with E-state index in [-0.39, 0.29) is 29.8 Å². The van der Waals surface area contributed by atoms with Crippen molar-refractivity contribution < 1.29 is 18.3 Å². The standard InChI is InChI=1S/C16H22F2N2O2.ClH/c1-2-14(12-4-3-11(17)9-13(12)18)20-16(21)15(19)10-5-7-22-8-6-10;/h3-4,9-10,14-15H,2,5-8,19H2,1H3,(H,20,21);1H. The summed E-state index contributed by atoms with van der Waals surface area (Å²) in [5, 5.41) is 2.77. The van der Waals surface area contributed by atoms with E-state index < -0.39 is 23.7 Å². The summed E-state index contributed by atoms with van der Waals surface area (Å²) >= 11 is 0. The van der Waals surface area contributed by atoms with Crippen molar-refractivity contribution in [2.45, 2.75) is 38.3 Å². The van der Waals surface area contributed by atoms with E-state index in [1.807, 2.05) is 6.92 Å². The fourth-order valence-corrected chi connectivity index (χ4v) is 2.74. The van der Waals surface area contributed by atoms with Crippen LogP contribution in [-0.4, -0.2) is 25.2 Å². The van der Waals surface area contributed by atoms with E-state index in [2.05, 4.69) is 5.32 Å². The summed E-state index contributed by atoms with van der Waals surface area (Å²) < 4.78 is 32.1. The van der Waals surface area contributed by atoms with Crippen LogP contribution in [0.5, 0.6) is 0 Å². The van der Waals surface area contributed by atoms with Crippen LogP contribution in [0, 0.1) is 17.6 Å². The van der Waals surface area contributed by atoms with Gasteiger partial charge in [-0.25, -0.2) is 8.78 Å². The molecule has 0 radical (unpaired) electrons. The molecule has 2 rings (SSSR count). The Kier molecular flexibility index (Phi) is 7.88. The van der Waals surface area contributed by atoms with Crippen molar-refractivity contribution in [3.63, 3.8) is 0 Å². The maximum Gasteiger partial charge on any atom is 0.237 e. The summed E-state index contributed by atoms with van der Waals surface area (Å²) in [4.78, 5) is 12.3. The van der Waals surface area contributed by atoms with Gasteiger partial charge >= 0.3 is 0 Å². The predicted octanol–water partition coefficient (Wildman–Crippen LogP) is 2.71. The number of amides is 1. The van der Waals surface area contributed by atoms with Gasteiger partial charge in [-0.05, 0) is 31.2 Å². The van der Waals surface area contributed by atoms with Crippen molar-refractivity contribution in [3.05, 3.63) is 35.4 Å². The van der Waals surface area contributed by atoms with E-state index in [4.69, 9.17) is 10.5 Å². The summed E-state index contributed by atoms with van der Waals surface area (Å²) in [6.45, 7) is 3.04. The predicted molar refractivity (Wildman–Crippen MR) is 86.3 cm³/mol. The molecule has 1 fully saturated rings. The molecule has 1 aromatic carbocycles. The van der Waals surface area contributed by atoms with E-state index >= 15 is 0 Å². The normalized spacial score (nSPS) is 17.9. The maximum atomic E-state index is 13.9. The number of halogens is 3. The van der Waals surface area contributed by atoms with Crippen molar-refractivity contribution in [3.8, 4) is 0 Å². The van der Waals surface area contributed by atoms with E-state index in [1.54, 1.807) is 0 Å². The first-order valence-corrected chi connectivity index (χ1v) is 7.61. The van der Waals surface area contributed by atoms with Gasteiger partial charge in [-0.15, -0.1) is 12.4 Å².